The van der Waals surface area contributed by atoms with Crippen molar-refractivity contribution in [3.05, 3.63) is 138 Å². The SMILES string of the molecule is c1ccc(C2c3ccccc3CCc3ccc(-c4cccc(-n5cccn5)c4)cc32)nc1. The van der Waals surface area contributed by atoms with E-state index in [0.29, 0.717) is 0 Å². The molecule has 0 saturated carbocycles. The predicted octanol–water partition coefficient (Wildman–Crippen LogP) is 6.21. The van der Waals surface area contributed by atoms with Crippen LogP contribution in [0.25, 0.3) is 16.8 Å². The average molecular weight is 414 g/mol. The molecule has 0 amide bonds. The highest BCUT2D eigenvalue weighted by Crippen LogP contribution is 2.40. The molecule has 0 radical (unpaired) electrons. The molecule has 154 valence electrons. The van der Waals surface area contributed by atoms with Crippen LogP contribution in [0.5, 0.6) is 0 Å². The second-order valence-corrected chi connectivity index (χ2v) is 8.30. The van der Waals surface area contributed by atoms with Crippen LogP contribution >= 0.6 is 0 Å². The van der Waals surface area contributed by atoms with E-state index in [9.17, 15) is 0 Å². The molecule has 1 unspecified atom stereocenters. The third-order valence-electron chi connectivity index (χ3n) is 6.42. The smallest absolute Gasteiger partial charge is 0.0651 e. The van der Waals surface area contributed by atoms with Crippen molar-refractivity contribution < 1.29 is 0 Å². The first-order chi connectivity index (χ1) is 15.9. The number of nitrogens with zero attached hydrogens (tertiary/aromatic N) is 3. The van der Waals surface area contributed by atoms with Crippen molar-refractivity contribution in [1.29, 1.82) is 0 Å². The summed E-state index contributed by atoms with van der Waals surface area (Å²) in [4.78, 5) is 4.78. The third kappa shape index (κ3) is 3.32. The standard InChI is InChI=1S/C29H23N3/c1-2-10-26-21(7-1)12-13-22-14-15-24(20-27(22)29(26)28-11-3-4-16-30-28)23-8-5-9-25(19-23)32-18-6-17-31-32/h1-11,14-20,29H,12-13H2. The number of hydrogen-bond acceptors (Lipinski definition) is 2. The van der Waals surface area contributed by atoms with E-state index in [1.165, 1.54) is 33.4 Å². The Morgan fingerprint density at radius 2 is 1.50 bits per heavy atom. The van der Waals surface area contributed by atoms with Crippen LogP contribution in [0.1, 0.15) is 33.9 Å². The van der Waals surface area contributed by atoms with Gasteiger partial charge in [0.15, 0.2) is 0 Å². The van der Waals surface area contributed by atoms with Crippen molar-refractivity contribution in [2.24, 2.45) is 0 Å². The maximum atomic E-state index is 4.78. The summed E-state index contributed by atoms with van der Waals surface area (Å²) in [5.74, 6) is 0.138. The van der Waals surface area contributed by atoms with Gasteiger partial charge in [0.1, 0.15) is 0 Å². The van der Waals surface area contributed by atoms with Crippen LogP contribution in [0.4, 0.5) is 0 Å². The van der Waals surface area contributed by atoms with E-state index in [-0.39, 0.29) is 5.92 Å². The fraction of sp³-hybridized carbons (Fsp3) is 0.103. The van der Waals surface area contributed by atoms with Crippen molar-refractivity contribution in [1.82, 2.24) is 14.8 Å². The number of aryl methyl sites for hydroxylation is 2. The number of hydrogen-bond donors (Lipinski definition) is 0. The van der Waals surface area contributed by atoms with Crippen LogP contribution in [0.3, 0.4) is 0 Å². The lowest BCUT2D eigenvalue weighted by Crippen LogP contribution is -2.07. The summed E-state index contributed by atoms with van der Waals surface area (Å²) < 4.78 is 1.90. The van der Waals surface area contributed by atoms with Crippen LogP contribution in [0.15, 0.2) is 110 Å². The highest BCUT2D eigenvalue weighted by Gasteiger charge is 2.26. The molecule has 5 aromatic rings. The van der Waals surface area contributed by atoms with Gasteiger partial charge in [0.2, 0.25) is 0 Å². The number of aromatic nitrogens is 3. The fourth-order valence-corrected chi connectivity index (χ4v) is 4.87. The molecule has 3 heteroatoms. The van der Waals surface area contributed by atoms with Gasteiger partial charge in [-0.05, 0) is 82.6 Å². The van der Waals surface area contributed by atoms with Crippen LogP contribution in [0, 0.1) is 0 Å². The first-order valence-corrected chi connectivity index (χ1v) is 11.1. The molecule has 0 N–H and O–H groups in total. The zero-order chi connectivity index (χ0) is 21.3. The van der Waals surface area contributed by atoms with Crippen molar-refractivity contribution in [2.45, 2.75) is 18.8 Å². The number of pyridine rings is 1. The minimum atomic E-state index is 0.138. The van der Waals surface area contributed by atoms with Gasteiger partial charge in [-0.1, -0.05) is 54.6 Å². The summed E-state index contributed by atoms with van der Waals surface area (Å²) >= 11 is 0. The molecule has 0 aliphatic heterocycles. The normalized spacial score (nSPS) is 14.9. The Kier molecular flexibility index (Phi) is 4.65. The Balaban J connectivity index is 1.52. The Bertz CT molecular complexity index is 1370. The maximum absolute atomic E-state index is 4.78. The molecule has 0 bridgehead atoms. The molecular formula is C29H23N3. The van der Waals surface area contributed by atoms with Gasteiger partial charge in [0.25, 0.3) is 0 Å². The highest BCUT2D eigenvalue weighted by atomic mass is 15.3. The first-order valence-electron chi connectivity index (χ1n) is 11.1. The number of fused-ring (bicyclic) bond motifs is 2. The Hall–Kier alpha value is -3.98. The Morgan fingerprint density at radius 3 is 2.34 bits per heavy atom. The van der Waals surface area contributed by atoms with Gasteiger partial charge in [-0.25, -0.2) is 4.68 Å². The van der Waals surface area contributed by atoms with E-state index in [2.05, 4.69) is 84.0 Å². The molecule has 0 fully saturated rings. The van der Waals surface area contributed by atoms with Gasteiger partial charge in [-0.2, -0.15) is 5.10 Å². The van der Waals surface area contributed by atoms with Gasteiger partial charge in [-0.15, -0.1) is 0 Å². The molecular weight excluding hydrogens is 390 g/mol. The van der Waals surface area contributed by atoms with Crippen LogP contribution in [0.2, 0.25) is 0 Å². The zero-order valence-electron chi connectivity index (χ0n) is 17.7. The summed E-state index contributed by atoms with van der Waals surface area (Å²) in [5.41, 5.74) is 10.1. The summed E-state index contributed by atoms with van der Waals surface area (Å²) in [6.45, 7) is 0. The Morgan fingerprint density at radius 1 is 0.656 bits per heavy atom. The Labute approximate surface area is 188 Å². The van der Waals surface area contributed by atoms with E-state index in [0.717, 1.165) is 24.2 Å². The number of benzene rings is 3. The van der Waals surface area contributed by atoms with E-state index >= 15 is 0 Å². The molecule has 0 saturated heterocycles. The number of rotatable bonds is 3. The van der Waals surface area contributed by atoms with Crippen molar-refractivity contribution in [2.75, 3.05) is 0 Å². The molecule has 2 heterocycles. The minimum absolute atomic E-state index is 0.138. The monoisotopic (exact) mass is 413 g/mol. The second kappa shape index (κ2) is 7.93. The van der Waals surface area contributed by atoms with Crippen LogP contribution < -0.4 is 0 Å². The second-order valence-electron chi connectivity index (χ2n) is 8.30. The fourth-order valence-electron chi connectivity index (χ4n) is 4.87. The molecule has 1 aliphatic rings. The molecule has 2 aromatic heterocycles. The maximum Gasteiger partial charge on any atom is 0.0651 e. The lowest BCUT2D eigenvalue weighted by Gasteiger charge is -2.21. The van der Waals surface area contributed by atoms with E-state index in [4.69, 9.17) is 4.98 Å². The lowest BCUT2D eigenvalue weighted by molar-refractivity contribution is 0.881. The highest BCUT2D eigenvalue weighted by molar-refractivity contribution is 5.68. The zero-order valence-corrected chi connectivity index (χ0v) is 17.7. The van der Waals surface area contributed by atoms with Gasteiger partial charge < -0.3 is 0 Å². The van der Waals surface area contributed by atoms with Crippen molar-refractivity contribution in [3.8, 4) is 16.8 Å². The molecule has 6 rings (SSSR count). The molecule has 3 aromatic carbocycles. The van der Waals surface area contributed by atoms with E-state index < -0.39 is 0 Å². The quantitative estimate of drug-likeness (QED) is 0.352. The summed E-state index contributed by atoms with van der Waals surface area (Å²) in [6, 6.07) is 32.5. The van der Waals surface area contributed by atoms with Gasteiger partial charge in [0.05, 0.1) is 17.3 Å². The van der Waals surface area contributed by atoms with Crippen LogP contribution in [-0.2, 0) is 12.8 Å². The van der Waals surface area contributed by atoms with Gasteiger partial charge >= 0.3 is 0 Å². The third-order valence-corrected chi connectivity index (χ3v) is 6.42. The minimum Gasteiger partial charge on any atom is -0.260 e. The van der Waals surface area contributed by atoms with E-state index in [1.54, 1.807) is 0 Å². The molecule has 3 nitrogen and oxygen atoms in total. The van der Waals surface area contributed by atoms with Gasteiger partial charge in [0, 0.05) is 18.6 Å². The largest absolute Gasteiger partial charge is 0.260 e. The average Bonchev–Trinajstić information content (AvgIpc) is 3.34. The van der Waals surface area contributed by atoms with Gasteiger partial charge in [-0.3, -0.25) is 4.98 Å². The molecule has 0 spiro atoms. The molecule has 32 heavy (non-hydrogen) atoms. The summed E-state index contributed by atoms with van der Waals surface area (Å²) in [5, 5.41) is 4.39. The van der Waals surface area contributed by atoms with Crippen LogP contribution in [-0.4, -0.2) is 14.8 Å². The lowest BCUT2D eigenvalue weighted by atomic mass is 9.84. The molecule has 1 aliphatic carbocycles. The van der Waals surface area contributed by atoms with Crippen molar-refractivity contribution >= 4 is 0 Å². The summed E-state index contributed by atoms with van der Waals surface area (Å²) in [7, 11) is 0. The predicted molar refractivity (Wildman–Crippen MR) is 128 cm³/mol. The first kappa shape index (κ1) is 18.8. The van der Waals surface area contributed by atoms with E-state index in [1.807, 2.05) is 35.4 Å². The molecule has 1 atom stereocenters. The topological polar surface area (TPSA) is 30.7 Å². The van der Waals surface area contributed by atoms with Crippen molar-refractivity contribution in [3.63, 3.8) is 0 Å². The summed E-state index contributed by atoms with van der Waals surface area (Å²) in [6.07, 6.45) is 7.79.